The van der Waals surface area contributed by atoms with Crippen LogP contribution in [0.15, 0.2) is 51.9 Å². The van der Waals surface area contributed by atoms with Crippen LogP contribution in [-0.2, 0) is 12.8 Å². The highest BCUT2D eigenvalue weighted by atomic mass is 32.2. The number of thioether (sulfide) groups is 1. The van der Waals surface area contributed by atoms with E-state index in [0.29, 0.717) is 10.7 Å². The molecule has 0 spiro atoms. The smallest absolute Gasteiger partial charge is 0.258 e. The van der Waals surface area contributed by atoms with E-state index < -0.39 is 0 Å². The number of hydrogen-bond acceptors (Lipinski definition) is 7. The molecule has 7 nitrogen and oxygen atoms in total. The minimum absolute atomic E-state index is 0.0632. The van der Waals surface area contributed by atoms with E-state index in [9.17, 15) is 4.79 Å². The second kappa shape index (κ2) is 8.79. The molecule has 3 aromatic heterocycles. The molecule has 0 aliphatic rings. The van der Waals surface area contributed by atoms with Crippen LogP contribution in [0.3, 0.4) is 0 Å². The van der Waals surface area contributed by atoms with E-state index in [-0.39, 0.29) is 5.56 Å². The van der Waals surface area contributed by atoms with Crippen LogP contribution in [0.1, 0.15) is 25.5 Å². The van der Waals surface area contributed by atoms with Crippen molar-refractivity contribution in [1.29, 1.82) is 0 Å². The summed E-state index contributed by atoms with van der Waals surface area (Å²) in [6.07, 6.45) is 3.90. The Morgan fingerprint density at radius 2 is 2.03 bits per heavy atom. The van der Waals surface area contributed by atoms with Crippen molar-refractivity contribution in [3.8, 4) is 17.1 Å². The van der Waals surface area contributed by atoms with Crippen molar-refractivity contribution >= 4 is 28.1 Å². The van der Waals surface area contributed by atoms with E-state index >= 15 is 0 Å². The first kappa shape index (κ1) is 19.7. The summed E-state index contributed by atoms with van der Waals surface area (Å²) >= 11 is 2.96. The number of aromatic nitrogens is 5. The third-order valence-electron chi connectivity index (χ3n) is 4.42. The van der Waals surface area contributed by atoms with Crippen LogP contribution < -0.4 is 10.3 Å². The highest BCUT2D eigenvalue weighted by molar-refractivity contribution is 7.98. The average Bonchev–Trinajstić information content (AvgIpc) is 3.34. The van der Waals surface area contributed by atoms with E-state index in [1.165, 1.54) is 23.1 Å². The van der Waals surface area contributed by atoms with Gasteiger partial charge in [0.25, 0.3) is 5.56 Å². The van der Waals surface area contributed by atoms with Crippen molar-refractivity contribution in [1.82, 2.24) is 24.1 Å². The van der Waals surface area contributed by atoms with Gasteiger partial charge in [0.1, 0.15) is 5.75 Å². The standard InChI is InChI=1S/C20H21N5O2S2/c1-3-4-10-27-16-7-5-14(6-8-16)18-22-23-20(24(18)2)29-13-15-12-17(26)25-9-11-28-19(25)21-15/h5-9,11-12H,3-4,10,13H2,1-2H3. The molecule has 0 aliphatic heterocycles. The van der Waals surface area contributed by atoms with Gasteiger partial charge in [0.05, 0.1) is 12.3 Å². The van der Waals surface area contributed by atoms with Crippen molar-refractivity contribution in [3.63, 3.8) is 0 Å². The Bertz CT molecular complexity index is 1160. The Kier molecular flexibility index (Phi) is 5.96. The Morgan fingerprint density at radius 1 is 1.21 bits per heavy atom. The molecule has 0 fully saturated rings. The van der Waals surface area contributed by atoms with E-state index in [4.69, 9.17) is 4.74 Å². The van der Waals surface area contributed by atoms with E-state index in [1.807, 2.05) is 41.3 Å². The number of hydrogen-bond donors (Lipinski definition) is 0. The zero-order chi connectivity index (χ0) is 20.2. The number of benzene rings is 1. The van der Waals surface area contributed by atoms with Gasteiger partial charge in [0.2, 0.25) is 0 Å². The second-order valence-corrected chi connectivity index (χ2v) is 8.34. The minimum atomic E-state index is -0.0632. The third kappa shape index (κ3) is 4.35. The number of thiazole rings is 1. The van der Waals surface area contributed by atoms with Gasteiger partial charge in [-0.3, -0.25) is 9.20 Å². The average molecular weight is 428 g/mol. The number of fused-ring (bicyclic) bond motifs is 1. The molecule has 0 N–H and O–H groups in total. The maximum atomic E-state index is 12.1. The first-order valence-electron chi connectivity index (χ1n) is 9.37. The van der Waals surface area contributed by atoms with Gasteiger partial charge in [0, 0.05) is 36.0 Å². The Labute approximate surface area is 176 Å². The van der Waals surface area contributed by atoms with Gasteiger partial charge in [-0.05, 0) is 30.7 Å². The van der Waals surface area contributed by atoms with Crippen molar-refractivity contribution in [2.45, 2.75) is 30.7 Å². The second-order valence-electron chi connectivity index (χ2n) is 6.52. The molecule has 29 heavy (non-hydrogen) atoms. The lowest BCUT2D eigenvalue weighted by Crippen LogP contribution is -2.12. The molecule has 1 aromatic carbocycles. The summed E-state index contributed by atoms with van der Waals surface area (Å²) < 4.78 is 9.22. The molecular formula is C20H21N5O2S2. The van der Waals surface area contributed by atoms with Crippen molar-refractivity contribution in [3.05, 3.63) is 58.0 Å². The fraction of sp³-hybridized carbons (Fsp3) is 0.300. The maximum Gasteiger partial charge on any atom is 0.258 e. The first-order valence-corrected chi connectivity index (χ1v) is 11.2. The predicted molar refractivity (Wildman–Crippen MR) is 116 cm³/mol. The van der Waals surface area contributed by atoms with Crippen LogP contribution in [0, 0.1) is 0 Å². The topological polar surface area (TPSA) is 74.3 Å². The minimum Gasteiger partial charge on any atom is -0.494 e. The summed E-state index contributed by atoms with van der Waals surface area (Å²) in [6, 6.07) is 9.47. The largest absolute Gasteiger partial charge is 0.494 e. The summed E-state index contributed by atoms with van der Waals surface area (Å²) in [4.78, 5) is 17.4. The molecule has 0 aliphatic carbocycles. The Balaban J connectivity index is 1.46. The normalized spacial score (nSPS) is 11.2. The Morgan fingerprint density at radius 3 is 2.83 bits per heavy atom. The molecule has 9 heteroatoms. The van der Waals surface area contributed by atoms with Crippen LogP contribution in [0.25, 0.3) is 16.3 Å². The zero-order valence-electron chi connectivity index (χ0n) is 16.2. The molecule has 0 saturated heterocycles. The van der Waals surface area contributed by atoms with Gasteiger partial charge < -0.3 is 9.30 Å². The lowest BCUT2D eigenvalue weighted by atomic mass is 10.2. The lowest BCUT2D eigenvalue weighted by Gasteiger charge is -2.07. The van der Waals surface area contributed by atoms with Crippen LogP contribution >= 0.6 is 23.1 Å². The summed E-state index contributed by atoms with van der Waals surface area (Å²) in [7, 11) is 1.94. The van der Waals surface area contributed by atoms with Crippen LogP contribution in [0.5, 0.6) is 5.75 Å². The number of unbranched alkanes of at least 4 members (excludes halogenated alkanes) is 1. The van der Waals surface area contributed by atoms with Gasteiger partial charge in [-0.1, -0.05) is 25.1 Å². The van der Waals surface area contributed by atoms with Crippen LogP contribution in [0.2, 0.25) is 0 Å². The van der Waals surface area contributed by atoms with Crippen LogP contribution in [-0.4, -0.2) is 30.8 Å². The maximum absolute atomic E-state index is 12.1. The van der Waals surface area contributed by atoms with E-state index in [1.54, 1.807) is 16.7 Å². The van der Waals surface area contributed by atoms with Crippen molar-refractivity contribution in [2.24, 2.45) is 7.05 Å². The van der Waals surface area contributed by atoms with Crippen molar-refractivity contribution in [2.75, 3.05) is 6.61 Å². The van der Waals surface area contributed by atoms with E-state index in [2.05, 4.69) is 22.1 Å². The first-order chi connectivity index (χ1) is 14.2. The number of nitrogens with zero attached hydrogens (tertiary/aromatic N) is 5. The molecule has 150 valence electrons. The fourth-order valence-corrected chi connectivity index (χ4v) is 4.37. The monoisotopic (exact) mass is 427 g/mol. The van der Waals surface area contributed by atoms with Gasteiger partial charge in [0.15, 0.2) is 15.9 Å². The summed E-state index contributed by atoms with van der Waals surface area (Å²) in [6.45, 7) is 2.88. The van der Waals surface area contributed by atoms with Crippen molar-refractivity contribution < 1.29 is 4.74 Å². The molecule has 0 bridgehead atoms. The van der Waals surface area contributed by atoms with Crippen LogP contribution in [0.4, 0.5) is 0 Å². The van der Waals surface area contributed by atoms with Gasteiger partial charge in [-0.2, -0.15) is 0 Å². The highest BCUT2D eigenvalue weighted by Crippen LogP contribution is 2.26. The fourth-order valence-electron chi connectivity index (χ4n) is 2.83. The summed E-state index contributed by atoms with van der Waals surface area (Å²) in [5.74, 6) is 2.20. The third-order valence-corrected chi connectivity index (χ3v) is 6.23. The predicted octanol–water partition coefficient (Wildman–Crippen LogP) is 4.02. The van der Waals surface area contributed by atoms with Gasteiger partial charge in [-0.25, -0.2) is 4.98 Å². The number of rotatable bonds is 8. The quantitative estimate of drug-likeness (QED) is 0.312. The molecule has 3 heterocycles. The van der Waals surface area contributed by atoms with E-state index in [0.717, 1.165) is 47.4 Å². The SMILES string of the molecule is CCCCOc1ccc(-c2nnc(SCc3cc(=O)n4ccsc4n3)n2C)cc1. The Hall–Kier alpha value is -2.65. The highest BCUT2D eigenvalue weighted by Gasteiger charge is 2.13. The molecule has 0 saturated carbocycles. The zero-order valence-corrected chi connectivity index (χ0v) is 17.9. The molecule has 0 atom stereocenters. The lowest BCUT2D eigenvalue weighted by molar-refractivity contribution is 0.309. The number of ether oxygens (including phenoxy) is 1. The summed E-state index contributed by atoms with van der Waals surface area (Å²) in [5.41, 5.74) is 1.65. The molecule has 4 aromatic rings. The summed E-state index contributed by atoms with van der Waals surface area (Å²) in [5, 5.41) is 11.3. The van der Waals surface area contributed by atoms with Gasteiger partial charge >= 0.3 is 0 Å². The van der Waals surface area contributed by atoms with Gasteiger partial charge in [-0.15, -0.1) is 21.5 Å². The molecule has 0 unspecified atom stereocenters. The molecule has 4 rings (SSSR count). The molecule has 0 radical (unpaired) electrons. The molecular weight excluding hydrogens is 406 g/mol. The molecule has 0 amide bonds.